The molecule has 5 rings (SSSR count). The molecule has 190 valence electrons. The molecule has 0 aliphatic carbocycles. The average Bonchev–Trinajstić information content (AvgIpc) is 3.22. The van der Waals surface area contributed by atoms with Crippen LogP contribution in [0.15, 0.2) is 30.6 Å². The van der Waals surface area contributed by atoms with Gasteiger partial charge in [0, 0.05) is 49.7 Å². The summed E-state index contributed by atoms with van der Waals surface area (Å²) in [7, 11) is 3.16. The molecule has 0 spiro atoms. The smallest absolute Gasteiger partial charge is 0.329 e. The van der Waals surface area contributed by atoms with Crippen molar-refractivity contribution in [1.82, 2.24) is 19.1 Å². The molecule has 3 aromatic rings. The number of urea groups is 1. The summed E-state index contributed by atoms with van der Waals surface area (Å²) in [5.41, 5.74) is 3.42. The van der Waals surface area contributed by atoms with E-state index < -0.39 is 23.4 Å². The second-order valence-corrected chi connectivity index (χ2v) is 9.88. The number of aryl methyl sites for hydroxylation is 2. The highest BCUT2D eigenvalue weighted by Gasteiger charge is 2.40. The summed E-state index contributed by atoms with van der Waals surface area (Å²) < 4.78 is 39.2. The molecule has 2 aromatic heterocycles. The summed E-state index contributed by atoms with van der Waals surface area (Å²) in [6.07, 6.45) is 7.10. The van der Waals surface area contributed by atoms with E-state index in [-0.39, 0.29) is 18.3 Å². The van der Waals surface area contributed by atoms with Gasteiger partial charge in [-0.3, -0.25) is 23.8 Å². The molecule has 0 saturated carbocycles. The number of nitrogens with zero attached hydrogens (tertiary/aromatic N) is 6. The Hall–Kier alpha value is -3.18. The molecular formula is C25H28F2N6O2S. The fourth-order valence-electron chi connectivity index (χ4n) is 5.03. The molecule has 0 N–H and O–H groups in total. The number of anilines is 2. The molecule has 36 heavy (non-hydrogen) atoms. The van der Waals surface area contributed by atoms with Gasteiger partial charge in [-0.15, -0.1) is 0 Å². The predicted molar refractivity (Wildman–Crippen MR) is 136 cm³/mol. The molecule has 8 nitrogen and oxygen atoms in total. The first kappa shape index (κ1) is 24.5. The lowest BCUT2D eigenvalue weighted by Gasteiger charge is -2.43. The first-order valence-corrected chi connectivity index (χ1v) is 12.9. The summed E-state index contributed by atoms with van der Waals surface area (Å²) in [4.78, 5) is 21.5. The molecule has 2 aliphatic rings. The van der Waals surface area contributed by atoms with Gasteiger partial charge >= 0.3 is 6.03 Å². The van der Waals surface area contributed by atoms with E-state index in [2.05, 4.69) is 14.4 Å². The first-order valence-electron chi connectivity index (χ1n) is 11.7. The molecule has 2 amide bonds. The summed E-state index contributed by atoms with van der Waals surface area (Å²) in [5.74, 6) is -1.84. The van der Waals surface area contributed by atoms with Crippen molar-refractivity contribution in [3.05, 3.63) is 53.5 Å². The van der Waals surface area contributed by atoms with Gasteiger partial charge in [0.2, 0.25) is 0 Å². The van der Waals surface area contributed by atoms with Crippen molar-refractivity contribution < 1.29 is 18.3 Å². The summed E-state index contributed by atoms with van der Waals surface area (Å²) in [6.45, 7) is 3.53. The van der Waals surface area contributed by atoms with Crippen molar-refractivity contribution in [3.63, 3.8) is 0 Å². The van der Waals surface area contributed by atoms with Crippen molar-refractivity contribution in [3.8, 4) is 17.0 Å². The van der Waals surface area contributed by atoms with E-state index in [1.807, 2.05) is 32.5 Å². The zero-order valence-corrected chi connectivity index (χ0v) is 21.5. The molecule has 2 aliphatic heterocycles. The number of hydrogen-bond acceptors (Lipinski definition) is 6. The van der Waals surface area contributed by atoms with E-state index in [0.717, 1.165) is 53.8 Å². The maximum atomic E-state index is 15.3. The van der Waals surface area contributed by atoms with Crippen LogP contribution in [0.5, 0.6) is 5.75 Å². The topological polar surface area (TPSA) is 66.7 Å². The Kier molecular flexibility index (Phi) is 6.60. The van der Waals surface area contributed by atoms with Crippen LogP contribution in [-0.2, 0) is 13.6 Å². The van der Waals surface area contributed by atoms with Crippen LogP contribution in [0.4, 0.5) is 25.0 Å². The number of rotatable bonds is 5. The van der Waals surface area contributed by atoms with Gasteiger partial charge in [0.25, 0.3) is 0 Å². The number of hydrogen-bond donors (Lipinski definition) is 0. The third-order valence-electron chi connectivity index (χ3n) is 6.84. The Morgan fingerprint density at radius 3 is 2.58 bits per heavy atom. The standard InChI is InChI=1S/C25H28F2N6O2S/c1-15-18(14-30(2)29-15)20-11-21-16(12-28-20)13-32(24-19(26)5-6-22(35-3)23(24)27)25(34)33(21)17-7-9-31(36-4)10-8-17/h5-6,11-12,14,17H,7-10,13H2,1-4H3. The summed E-state index contributed by atoms with van der Waals surface area (Å²) in [6, 6.07) is 3.65. The second kappa shape index (κ2) is 9.70. The number of ether oxygens (including phenoxy) is 1. The summed E-state index contributed by atoms with van der Waals surface area (Å²) >= 11 is 1.68. The quantitative estimate of drug-likeness (QED) is 0.457. The van der Waals surface area contributed by atoms with Gasteiger partial charge in [0.15, 0.2) is 11.6 Å². The van der Waals surface area contributed by atoms with Gasteiger partial charge in [-0.25, -0.2) is 13.6 Å². The fourth-order valence-corrected chi connectivity index (χ4v) is 5.60. The van der Waals surface area contributed by atoms with Crippen LogP contribution in [0, 0.1) is 18.6 Å². The normalized spacial score (nSPS) is 17.0. The van der Waals surface area contributed by atoms with Crippen molar-refractivity contribution in [1.29, 1.82) is 0 Å². The Morgan fingerprint density at radius 2 is 1.94 bits per heavy atom. The molecule has 0 unspecified atom stereocenters. The molecule has 1 fully saturated rings. The van der Waals surface area contributed by atoms with E-state index in [9.17, 15) is 9.18 Å². The highest BCUT2D eigenvalue weighted by atomic mass is 32.2. The number of benzene rings is 1. The van der Waals surface area contributed by atoms with E-state index in [1.165, 1.54) is 13.2 Å². The van der Waals surface area contributed by atoms with Gasteiger partial charge in [-0.1, -0.05) is 11.9 Å². The van der Waals surface area contributed by atoms with Crippen LogP contribution >= 0.6 is 11.9 Å². The SMILES string of the molecule is COc1ccc(F)c(N2Cc3cnc(-c4cn(C)nc4C)cc3N(C3CCN(SC)CC3)C2=O)c1F. The molecule has 1 saturated heterocycles. The predicted octanol–water partition coefficient (Wildman–Crippen LogP) is 4.77. The number of aromatic nitrogens is 3. The number of methoxy groups -OCH3 is 1. The zero-order chi connectivity index (χ0) is 25.6. The van der Waals surface area contributed by atoms with Gasteiger partial charge in [0.1, 0.15) is 11.5 Å². The lowest BCUT2D eigenvalue weighted by molar-refractivity contribution is 0.242. The number of amides is 2. The minimum atomic E-state index is -0.901. The molecule has 11 heteroatoms. The van der Waals surface area contributed by atoms with Crippen LogP contribution in [0.1, 0.15) is 24.1 Å². The van der Waals surface area contributed by atoms with Gasteiger partial charge in [-0.05, 0) is 44.2 Å². The fraction of sp³-hybridized carbons (Fsp3) is 0.400. The number of fused-ring (bicyclic) bond motifs is 1. The molecule has 0 atom stereocenters. The Balaban J connectivity index is 1.62. The van der Waals surface area contributed by atoms with Crippen molar-refractivity contribution in [2.75, 3.05) is 36.3 Å². The number of pyridine rings is 1. The number of piperidine rings is 1. The summed E-state index contributed by atoms with van der Waals surface area (Å²) in [5, 5.41) is 4.41. The highest BCUT2D eigenvalue weighted by molar-refractivity contribution is 7.96. The molecular weight excluding hydrogens is 486 g/mol. The lowest BCUT2D eigenvalue weighted by Crippen LogP contribution is -2.54. The van der Waals surface area contributed by atoms with Crippen molar-refractivity contribution in [2.45, 2.75) is 32.4 Å². The largest absolute Gasteiger partial charge is 0.494 e. The second-order valence-electron chi connectivity index (χ2n) is 8.99. The van der Waals surface area contributed by atoms with Gasteiger partial charge in [-0.2, -0.15) is 5.10 Å². The number of carbonyl (C=O) groups excluding carboxylic acids is 1. The average molecular weight is 515 g/mol. The maximum Gasteiger partial charge on any atom is 0.329 e. The number of halogens is 2. The van der Waals surface area contributed by atoms with E-state index in [0.29, 0.717) is 11.3 Å². The van der Waals surface area contributed by atoms with Gasteiger partial charge < -0.3 is 4.74 Å². The zero-order valence-electron chi connectivity index (χ0n) is 20.7. The first-order chi connectivity index (χ1) is 17.3. The van der Waals surface area contributed by atoms with Crippen LogP contribution in [-0.4, -0.2) is 57.6 Å². The minimum absolute atomic E-state index is 0.00532. The van der Waals surface area contributed by atoms with Gasteiger partial charge in [0.05, 0.1) is 30.7 Å². The Bertz CT molecular complexity index is 1310. The van der Waals surface area contributed by atoms with Crippen molar-refractivity contribution in [2.24, 2.45) is 7.05 Å². The Labute approximate surface area is 213 Å². The Morgan fingerprint density at radius 1 is 1.19 bits per heavy atom. The van der Waals surface area contributed by atoms with Crippen LogP contribution in [0.3, 0.4) is 0 Å². The van der Waals surface area contributed by atoms with Crippen LogP contribution in [0.25, 0.3) is 11.3 Å². The molecule has 1 aromatic carbocycles. The van der Waals surface area contributed by atoms with E-state index in [1.54, 1.807) is 27.7 Å². The van der Waals surface area contributed by atoms with E-state index in [4.69, 9.17) is 4.74 Å². The lowest BCUT2D eigenvalue weighted by atomic mass is 10.00. The third-order valence-corrected chi connectivity index (χ3v) is 7.73. The highest BCUT2D eigenvalue weighted by Crippen LogP contribution is 2.40. The van der Waals surface area contributed by atoms with Crippen LogP contribution < -0.4 is 14.5 Å². The minimum Gasteiger partial charge on any atom is -0.494 e. The molecule has 0 radical (unpaired) electrons. The monoisotopic (exact) mass is 514 g/mol. The molecule has 4 heterocycles. The van der Waals surface area contributed by atoms with Crippen LogP contribution in [0.2, 0.25) is 0 Å². The third kappa shape index (κ3) is 4.20. The maximum absolute atomic E-state index is 15.3. The molecule has 0 bridgehead atoms. The number of carbonyl (C=O) groups is 1. The van der Waals surface area contributed by atoms with Crippen molar-refractivity contribution >= 4 is 29.4 Å². The van der Waals surface area contributed by atoms with E-state index >= 15 is 4.39 Å².